The maximum absolute atomic E-state index is 14.3. The maximum Gasteiger partial charge on any atom is 0.411 e. The number of hydrogen-bond donors (Lipinski definition) is 1. The number of nitro groups is 1. The average Bonchev–Trinajstić information content (AvgIpc) is 3.77. The van der Waals surface area contributed by atoms with Gasteiger partial charge in [-0.05, 0) is 40.1 Å². The molecule has 0 bridgehead atoms. The first kappa shape index (κ1) is 30.6. The summed E-state index contributed by atoms with van der Waals surface area (Å²) in [4.78, 5) is 39.9. The van der Waals surface area contributed by atoms with Crippen molar-refractivity contribution in [1.29, 1.82) is 0 Å². The van der Waals surface area contributed by atoms with Gasteiger partial charge in [-0.3, -0.25) is 14.8 Å². The third-order valence-corrected chi connectivity index (χ3v) is 8.53. The molecule has 5 aromatic rings. The summed E-state index contributed by atoms with van der Waals surface area (Å²) in [5, 5.41) is 16.5. The minimum atomic E-state index is -0.810. The van der Waals surface area contributed by atoms with Gasteiger partial charge in [-0.1, -0.05) is 24.3 Å². The lowest BCUT2D eigenvalue weighted by atomic mass is 9.95. The first-order valence-corrected chi connectivity index (χ1v) is 14.7. The van der Waals surface area contributed by atoms with E-state index in [0.29, 0.717) is 46.1 Å². The van der Waals surface area contributed by atoms with Crippen LogP contribution in [0.25, 0.3) is 21.7 Å². The Morgan fingerprint density at radius 2 is 1.76 bits per heavy atom. The lowest BCUT2D eigenvalue weighted by Crippen LogP contribution is -2.33. The number of rotatable bonds is 8. The third kappa shape index (κ3) is 4.98. The van der Waals surface area contributed by atoms with Gasteiger partial charge in [0.2, 0.25) is 5.75 Å². The second kappa shape index (κ2) is 12.2. The normalized spacial score (nSPS) is 13.9. The van der Waals surface area contributed by atoms with Crippen LogP contribution in [0, 0.1) is 10.1 Å². The van der Waals surface area contributed by atoms with E-state index >= 15 is 0 Å². The van der Waals surface area contributed by atoms with E-state index in [9.17, 15) is 19.7 Å². The topological polar surface area (TPSA) is 139 Å². The van der Waals surface area contributed by atoms with Crippen molar-refractivity contribution in [2.24, 2.45) is 7.05 Å². The van der Waals surface area contributed by atoms with Crippen LogP contribution in [-0.4, -0.2) is 59.9 Å². The van der Waals surface area contributed by atoms with E-state index in [1.54, 1.807) is 36.3 Å². The number of nitrogens with zero attached hydrogens (tertiary/aromatic N) is 4. The molecule has 0 fully saturated rings. The molecule has 1 aliphatic heterocycles. The van der Waals surface area contributed by atoms with Crippen molar-refractivity contribution in [1.82, 2.24) is 9.13 Å². The number of carbonyl (C=O) groups excluding carboxylic acids is 2. The molecule has 0 aliphatic carbocycles. The lowest BCUT2D eigenvalue weighted by molar-refractivity contribution is -0.392. The van der Waals surface area contributed by atoms with E-state index < -0.39 is 11.0 Å². The highest BCUT2D eigenvalue weighted by Crippen LogP contribution is 2.47. The first-order chi connectivity index (χ1) is 22.2. The van der Waals surface area contributed by atoms with Gasteiger partial charge in [-0.15, -0.1) is 11.6 Å². The Morgan fingerprint density at radius 1 is 1.02 bits per heavy atom. The average molecular weight is 648 g/mol. The summed E-state index contributed by atoms with van der Waals surface area (Å²) in [5.74, 6) is 1.05. The van der Waals surface area contributed by atoms with Crippen LogP contribution in [0.15, 0.2) is 60.9 Å². The molecule has 1 N–H and O–H groups in total. The predicted octanol–water partition coefficient (Wildman–Crippen LogP) is 6.63. The molecular formula is C32H30ClN5O8. The number of halogens is 1. The van der Waals surface area contributed by atoms with Crippen molar-refractivity contribution >= 4 is 62.6 Å². The maximum atomic E-state index is 14.3. The van der Waals surface area contributed by atoms with E-state index in [-0.39, 0.29) is 35.8 Å². The van der Waals surface area contributed by atoms with E-state index in [4.69, 9.17) is 30.5 Å². The Hall–Kier alpha value is -5.43. The number of amides is 2. The van der Waals surface area contributed by atoms with E-state index in [2.05, 4.69) is 5.32 Å². The van der Waals surface area contributed by atoms with Gasteiger partial charge in [0.1, 0.15) is 12.1 Å². The summed E-state index contributed by atoms with van der Waals surface area (Å²) in [6.45, 7) is -0.00983. The highest BCUT2D eigenvalue weighted by atomic mass is 35.5. The minimum Gasteiger partial charge on any atom is -0.493 e. The fourth-order valence-corrected chi connectivity index (χ4v) is 6.38. The second-order valence-electron chi connectivity index (χ2n) is 10.6. The van der Waals surface area contributed by atoms with Crippen LogP contribution in [0.5, 0.6) is 17.2 Å². The zero-order chi connectivity index (χ0) is 32.7. The quantitative estimate of drug-likeness (QED) is 0.113. The Kier molecular flexibility index (Phi) is 8.09. The van der Waals surface area contributed by atoms with Crippen molar-refractivity contribution in [3.63, 3.8) is 0 Å². The fourth-order valence-electron chi connectivity index (χ4n) is 6.13. The standard InChI is InChI=1S/C32H30ClN5O8/c1-35-11-9-19(30(35)38(41)42)17-46-31(39)34-23-14-24-26(22-8-6-5-7-21(22)23)20(15-33)16-37(24)32(40)36-12-10-18-13-25(43-2)28(44-3)29(45-4)27(18)36/h5-14,20H,15-17H2,1-4H3,(H,34,39). The smallest absolute Gasteiger partial charge is 0.411 e. The zero-order valence-electron chi connectivity index (χ0n) is 25.4. The van der Waals surface area contributed by atoms with Gasteiger partial charge >= 0.3 is 17.9 Å². The first-order valence-electron chi connectivity index (χ1n) is 14.2. The van der Waals surface area contributed by atoms with Crippen molar-refractivity contribution in [3.8, 4) is 17.2 Å². The Labute approximate surface area is 267 Å². The molecule has 1 unspecified atom stereocenters. The number of fused-ring (bicyclic) bond motifs is 4. The number of benzene rings is 3. The number of aromatic nitrogens is 2. The van der Waals surface area contributed by atoms with Crippen LogP contribution in [0.4, 0.5) is 26.8 Å². The van der Waals surface area contributed by atoms with Crippen LogP contribution in [0.2, 0.25) is 0 Å². The Bertz CT molecular complexity index is 2020. The molecule has 0 spiro atoms. The van der Waals surface area contributed by atoms with Gasteiger partial charge in [-0.25, -0.2) is 14.2 Å². The number of carbonyl (C=O) groups is 2. The minimum absolute atomic E-state index is 0.165. The monoisotopic (exact) mass is 647 g/mol. The molecule has 6 rings (SSSR count). The Balaban J connectivity index is 1.39. The van der Waals surface area contributed by atoms with Gasteiger partial charge in [0.15, 0.2) is 11.5 Å². The van der Waals surface area contributed by atoms with Gasteiger partial charge in [0, 0.05) is 35.3 Å². The van der Waals surface area contributed by atoms with Gasteiger partial charge in [-0.2, -0.15) is 0 Å². The number of methoxy groups -OCH3 is 3. The molecule has 0 saturated carbocycles. The van der Waals surface area contributed by atoms with Crippen molar-refractivity contribution < 1.29 is 33.5 Å². The SMILES string of the molecule is COc1cc2ccn(C(=O)N3CC(CCl)c4c3cc(NC(=O)OCc3ccn(C)c3[N+](=O)[O-])c3ccccc43)c2c(OC)c1OC. The van der Waals surface area contributed by atoms with Crippen LogP contribution in [0.1, 0.15) is 17.0 Å². The highest BCUT2D eigenvalue weighted by Gasteiger charge is 2.36. The van der Waals surface area contributed by atoms with Crippen molar-refractivity contribution in [3.05, 3.63) is 82.2 Å². The van der Waals surface area contributed by atoms with E-state index in [0.717, 1.165) is 16.3 Å². The molecule has 3 aromatic carbocycles. The molecular weight excluding hydrogens is 618 g/mol. The molecule has 238 valence electrons. The lowest BCUT2D eigenvalue weighted by Gasteiger charge is -2.21. The molecule has 0 saturated heterocycles. The Morgan fingerprint density at radius 3 is 2.43 bits per heavy atom. The fraction of sp³-hybridized carbons (Fsp3) is 0.250. The predicted molar refractivity (Wildman–Crippen MR) is 173 cm³/mol. The van der Waals surface area contributed by atoms with Gasteiger partial charge in [0.05, 0.1) is 51.5 Å². The van der Waals surface area contributed by atoms with E-state index in [1.807, 2.05) is 24.3 Å². The zero-order valence-corrected chi connectivity index (χ0v) is 26.2. The number of anilines is 2. The number of aryl methyl sites for hydroxylation is 1. The summed E-state index contributed by atoms with van der Waals surface area (Å²) in [7, 11) is 6.05. The van der Waals surface area contributed by atoms with E-state index in [1.165, 1.54) is 42.7 Å². The largest absolute Gasteiger partial charge is 0.493 e. The molecule has 1 aliphatic rings. The van der Waals surface area contributed by atoms with Crippen LogP contribution in [0.3, 0.4) is 0 Å². The molecule has 0 radical (unpaired) electrons. The van der Waals surface area contributed by atoms with Crippen molar-refractivity contribution in [2.45, 2.75) is 12.5 Å². The van der Waals surface area contributed by atoms with Crippen LogP contribution in [-0.2, 0) is 18.4 Å². The van der Waals surface area contributed by atoms with Gasteiger partial charge in [0.25, 0.3) is 0 Å². The highest BCUT2D eigenvalue weighted by molar-refractivity contribution is 6.19. The molecule has 13 nitrogen and oxygen atoms in total. The molecule has 2 aromatic heterocycles. The molecule has 2 amide bonds. The van der Waals surface area contributed by atoms with Gasteiger partial charge < -0.3 is 29.1 Å². The third-order valence-electron chi connectivity index (χ3n) is 8.16. The number of nitrogens with one attached hydrogen (secondary N) is 1. The number of alkyl halides is 1. The second-order valence-corrected chi connectivity index (χ2v) is 11.0. The molecule has 46 heavy (non-hydrogen) atoms. The molecule has 1 atom stereocenters. The number of hydrogen-bond acceptors (Lipinski definition) is 8. The van der Waals surface area contributed by atoms with Crippen molar-refractivity contribution in [2.75, 3.05) is 44.0 Å². The summed E-state index contributed by atoms with van der Waals surface area (Å²) < 4.78 is 25.0. The van der Waals surface area contributed by atoms with Crippen LogP contribution < -0.4 is 24.4 Å². The summed E-state index contributed by atoms with van der Waals surface area (Å²) in [6.07, 6.45) is 2.37. The summed E-state index contributed by atoms with van der Waals surface area (Å²) in [5.41, 5.74) is 2.60. The molecule has 3 heterocycles. The summed E-state index contributed by atoms with van der Waals surface area (Å²) >= 11 is 6.47. The van der Waals surface area contributed by atoms with Crippen LogP contribution >= 0.6 is 11.6 Å². The summed E-state index contributed by atoms with van der Waals surface area (Å²) in [6, 6.07) is 13.9. The molecule has 14 heteroatoms. The number of ether oxygens (including phenoxy) is 4.